The largest absolute Gasteiger partial charge is 0.483 e. The molecule has 0 aliphatic rings. The van der Waals surface area contributed by atoms with E-state index in [2.05, 4.69) is 4.98 Å². The van der Waals surface area contributed by atoms with Gasteiger partial charge in [0, 0.05) is 11.3 Å². The van der Waals surface area contributed by atoms with E-state index in [4.69, 9.17) is 14.9 Å². The van der Waals surface area contributed by atoms with Gasteiger partial charge in [0.15, 0.2) is 12.2 Å². The van der Waals surface area contributed by atoms with Gasteiger partial charge in [0.05, 0.1) is 6.61 Å². The molecule has 1 aromatic heterocycles. The lowest BCUT2D eigenvalue weighted by Crippen LogP contribution is -1.98. The first-order valence-corrected chi connectivity index (χ1v) is 6.23. The number of nitrogens with zero attached hydrogens (tertiary/aromatic N) is 1. The zero-order chi connectivity index (χ0) is 13.9. The summed E-state index contributed by atoms with van der Waals surface area (Å²) in [4.78, 5) is 4.31. The van der Waals surface area contributed by atoms with Crippen LogP contribution in [0.25, 0.3) is 11.1 Å². The summed E-state index contributed by atoms with van der Waals surface area (Å²) in [5.41, 5.74) is 8.45. The van der Waals surface area contributed by atoms with Crippen molar-refractivity contribution in [1.29, 1.82) is 0 Å². The van der Waals surface area contributed by atoms with Crippen LogP contribution in [0.3, 0.4) is 0 Å². The quantitative estimate of drug-likeness (QED) is 0.712. The molecule has 5 heteroatoms. The SMILES string of the molecule is Nc1ccc2oc(COc3ccccc3CO)nc2c1. The fraction of sp³-hybridized carbons (Fsp3) is 0.133. The maximum atomic E-state index is 9.23. The lowest BCUT2D eigenvalue weighted by atomic mass is 10.2. The van der Waals surface area contributed by atoms with Crippen molar-refractivity contribution in [2.75, 3.05) is 5.73 Å². The number of nitrogens with two attached hydrogens (primary N) is 1. The Kier molecular flexibility index (Phi) is 3.26. The Morgan fingerprint density at radius 2 is 2.05 bits per heavy atom. The van der Waals surface area contributed by atoms with Gasteiger partial charge in [-0.15, -0.1) is 0 Å². The van der Waals surface area contributed by atoms with Crippen molar-refractivity contribution < 1.29 is 14.3 Å². The standard InChI is InChI=1S/C15H14N2O3/c16-11-5-6-14-12(7-11)17-15(20-14)9-19-13-4-2-1-3-10(13)8-18/h1-7,18H,8-9,16H2. The second-order valence-electron chi connectivity index (χ2n) is 4.39. The maximum absolute atomic E-state index is 9.23. The summed E-state index contributed by atoms with van der Waals surface area (Å²) in [7, 11) is 0. The third-order valence-corrected chi connectivity index (χ3v) is 2.95. The Labute approximate surface area is 115 Å². The van der Waals surface area contributed by atoms with Gasteiger partial charge in [-0.05, 0) is 24.3 Å². The molecule has 3 rings (SSSR count). The van der Waals surface area contributed by atoms with Gasteiger partial charge in [-0.2, -0.15) is 0 Å². The Morgan fingerprint density at radius 3 is 2.90 bits per heavy atom. The van der Waals surface area contributed by atoms with Gasteiger partial charge in [0.2, 0.25) is 5.89 Å². The first kappa shape index (κ1) is 12.5. The molecule has 0 unspecified atom stereocenters. The molecule has 0 aliphatic carbocycles. The minimum Gasteiger partial charge on any atom is -0.483 e. The second-order valence-corrected chi connectivity index (χ2v) is 4.39. The number of aliphatic hydroxyl groups is 1. The van der Waals surface area contributed by atoms with E-state index < -0.39 is 0 Å². The molecule has 0 atom stereocenters. The van der Waals surface area contributed by atoms with Gasteiger partial charge in [0.25, 0.3) is 0 Å². The average molecular weight is 270 g/mol. The van der Waals surface area contributed by atoms with E-state index in [1.54, 1.807) is 24.3 Å². The molecule has 0 radical (unpaired) electrons. The number of ether oxygens (including phenoxy) is 1. The van der Waals surface area contributed by atoms with Crippen molar-refractivity contribution in [3.05, 3.63) is 53.9 Å². The molecule has 0 amide bonds. The predicted octanol–water partition coefficient (Wildman–Crippen LogP) is 2.48. The van der Waals surface area contributed by atoms with Crippen LogP contribution in [0.15, 0.2) is 46.9 Å². The summed E-state index contributed by atoms with van der Waals surface area (Å²) in [6, 6.07) is 12.6. The number of anilines is 1. The van der Waals surface area contributed by atoms with Crippen molar-refractivity contribution >= 4 is 16.8 Å². The summed E-state index contributed by atoms with van der Waals surface area (Å²) in [5, 5.41) is 9.23. The van der Waals surface area contributed by atoms with Crippen LogP contribution >= 0.6 is 0 Å². The molecule has 3 N–H and O–H groups in total. The molecular formula is C15H14N2O3. The molecule has 0 aliphatic heterocycles. The monoisotopic (exact) mass is 270 g/mol. The van der Waals surface area contributed by atoms with E-state index in [1.165, 1.54) is 0 Å². The number of benzene rings is 2. The Morgan fingerprint density at radius 1 is 1.20 bits per heavy atom. The van der Waals surface area contributed by atoms with E-state index >= 15 is 0 Å². The molecule has 0 bridgehead atoms. The normalized spacial score (nSPS) is 10.8. The Balaban J connectivity index is 1.79. The summed E-state index contributed by atoms with van der Waals surface area (Å²) < 4.78 is 11.2. The maximum Gasteiger partial charge on any atom is 0.233 e. The summed E-state index contributed by atoms with van der Waals surface area (Å²) in [6.45, 7) is 0.131. The summed E-state index contributed by atoms with van der Waals surface area (Å²) in [6.07, 6.45) is 0. The van der Waals surface area contributed by atoms with Gasteiger partial charge in [0.1, 0.15) is 11.3 Å². The van der Waals surface area contributed by atoms with Crippen LogP contribution in [0.1, 0.15) is 11.5 Å². The van der Waals surface area contributed by atoms with Gasteiger partial charge in [-0.25, -0.2) is 4.98 Å². The highest BCUT2D eigenvalue weighted by molar-refractivity contribution is 5.76. The van der Waals surface area contributed by atoms with Crippen LogP contribution < -0.4 is 10.5 Å². The Hall–Kier alpha value is -2.53. The first-order valence-electron chi connectivity index (χ1n) is 6.23. The highest BCUT2D eigenvalue weighted by Gasteiger charge is 2.08. The fourth-order valence-electron chi connectivity index (χ4n) is 1.97. The van der Waals surface area contributed by atoms with Gasteiger partial charge in [-0.1, -0.05) is 18.2 Å². The highest BCUT2D eigenvalue weighted by atomic mass is 16.5. The van der Waals surface area contributed by atoms with Gasteiger partial charge >= 0.3 is 0 Å². The zero-order valence-electron chi connectivity index (χ0n) is 10.7. The van der Waals surface area contributed by atoms with Crippen molar-refractivity contribution in [2.45, 2.75) is 13.2 Å². The van der Waals surface area contributed by atoms with Crippen LogP contribution in [-0.2, 0) is 13.2 Å². The minimum absolute atomic E-state index is 0.0692. The predicted molar refractivity (Wildman–Crippen MR) is 75.1 cm³/mol. The third kappa shape index (κ3) is 2.44. The van der Waals surface area contributed by atoms with Crippen LogP contribution in [0.5, 0.6) is 5.75 Å². The lowest BCUT2D eigenvalue weighted by Gasteiger charge is -2.07. The number of nitrogen functional groups attached to an aromatic ring is 1. The van der Waals surface area contributed by atoms with Crippen LogP contribution in [0.4, 0.5) is 5.69 Å². The van der Waals surface area contributed by atoms with Gasteiger partial charge < -0.3 is 20.0 Å². The third-order valence-electron chi connectivity index (χ3n) is 2.95. The van der Waals surface area contributed by atoms with Crippen LogP contribution in [-0.4, -0.2) is 10.1 Å². The van der Waals surface area contributed by atoms with Crippen molar-refractivity contribution in [3.63, 3.8) is 0 Å². The van der Waals surface area contributed by atoms with E-state index in [0.29, 0.717) is 28.4 Å². The van der Waals surface area contributed by atoms with Crippen molar-refractivity contribution in [1.82, 2.24) is 4.98 Å². The zero-order valence-corrected chi connectivity index (χ0v) is 10.7. The lowest BCUT2D eigenvalue weighted by molar-refractivity contribution is 0.243. The van der Waals surface area contributed by atoms with E-state index in [-0.39, 0.29) is 13.2 Å². The average Bonchev–Trinajstić information content (AvgIpc) is 2.87. The molecule has 2 aromatic carbocycles. The summed E-state index contributed by atoms with van der Waals surface area (Å²) >= 11 is 0. The number of para-hydroxylation sites is 1. The molecular weight excluding hydrogens is 256 g/mol. The molecule has 20 heavy (non-hydrogen) atoms. The Bertz CT molecular complexity index is 737. The number of hydrogen-bond donors (Lipinski definition) is 2. The van der Waals surface area contributed by atoms with Gasteiger partial charge in [-0.3, -0.25) is 0 Å². The number of fused-ring (bicyclic) bond motifs is 1. The highest BCUT2D eigenvalue weighted by Crippen LogP contribution is 2.21. The molecule has 102 valence electrons. The number of aliphatic hydroxyl groups excluding tert-OH is 1. The number of aromatic nitrogens is 1. The second kappa shape index (κ2) is 5.22. The van der Waals surface area contributed by atoms with Crippen molar-refractivity contribution in [2.24, 2.45) is 0 Å². The first-order chi connectivity index (χ1) is 9.76. The van der Waals surface area contributed by atoms with E-state index in [1.807, 2.05) is 18.2 Å². The van der Waals surface area contributed by atoms with Crippen LogP contribution in [0, 0.1) is 0 Å². The molecule has 0 saturated carbocycles. The molecule has 0 saturated heterocycles. The fourth-order valence-corrected chi connectivity index (χ4v) is 1.97. The molecule has 0 spiro atoms. The number of hydrogen-bond acceptors (Lipinski definition) is 5. The van der Waals surface area contributed by atoms with Crippen molar-refractivity contribution in [3.8, 4) is 5.75 Å². The smallest absolute Gasteiger partial charge is 0.233 e. The molecule has 0 fully saturated rings. The van der Waals surface area contributed by atoms with Crippen LogP contribution in [0.2, 0.25) is 0 Å². The van der Waals surface area contributed by atoms with E-state index in [9.17, 15) is 5.11 Å². The number of oxazole rings is 1. The topological polar surface area (TPSA) is 81.5 Å². The molecule has 5 nitrogen and oxygen atoms in total. The minimum atomic E-state index is -0.0692. The molecule has 3 aromatic rings. The number of rotatable bonds is 4. The summed E-state index contributed by atoms with van der Waals surface area (Å²) in [5.74, 6) is 1.09. The molecule has 1 heterocycles. The van der Waals surface area contributed by atoms with E-state index in [0.717, 1.165) is 5.56 Å².